The van der Waals surface area contributed by atoms with Gasteiger partial charge < -0.3 is 10.4 Å². The second-order valence-corrected chi connectivity index (χ2v) is 3.73. The zero-order valence-electron chi connectivity index (χ0n) is 8.89. The van der Waals surface area contributed by atoms with Crippen molar-refractivity contribution in [3.63, 3.8) is 0 Å². The molecule has 2 aromatic rings. The highest BCUT2D eigenvalue weighted by atomic mass is 35.5. The third-order valence-electron chi connectivity index (χ3n) is 2.08. The summed E-state index contributed by atoms with van der Waals surface area (Å²) in [5.41, 5.74) is -0.190. The SMILES string of the molecule is O=C(Nc1cc(Cl)ncn1)c1cc(F)ccc1O. The molecule has 0 spiro atoms. The number of phenolic OH excluding ortho intramolecular Hbond substituents is 1. The fourth-order valence-electron chi connectivity index (χ4n) is 1.28. The molecule has 0 aliphatic carbocycles. The van der Waals surface area contributed by atoms with Crippen molar-refractivity contribution in [2.24, 2.45) is 0 Å². The number of nitrogens with zero attached hydrogens (tertiary/aromatic N) is 2. The first-order valence-corrected chi connectivity index (χ1v) is 5.21. The van der Waals surface area contributed by atoms with Crippen LogP contribution < -0.4 is 5.32 Å². The molecule has 1 amide bonds. The quantitative estimate of drug-likeness (QED) is 0.818. The van der Waals surface area contributed by atoms with Crippen LogP contribution in [0, 0.1) is 5.82 Å². The molecule has 5 nitrogen and oxygen atoms in total. The number of benzene rings is 1. The highest BCUT2D eigenvalue weighted by molar-refractivity contribution is 6.29. The van der Waals surface area contributed by atoms with Crippen LogP contribution in [-0.2, 0) is 0 Å². The second kappa shape index (κ2) is 4.97. The average Bonchev–Trinajstić information content (AvgIpc) is 2.32. The summed E-state index contributed by atoms with van der Waals surface area (Å²) in [6.07, 6.45) is 1.17. The molecule has 1 aromatic carbocycles. The Morgan fingerprint density at radius 1 is 1.33 bits per heavy atom. The summed E-state index contributed by atoms with van der Waals surface area (Å²) in [5, 5.41) is 12.0. The van der Waals surface area contributed by atoms with Crippen molar-refractivity contribution >= 4 is 23.3 Å². The summed E-state index contributed by atoms with van der Waals surface area (Å²) >= 11 is 5.62. The van der Waals surface area contributed by atoms with Gasteiger partial charge in [-0.25, -0.2) is 14.4 Å². The van der Waals surface area contributed by atoms with Gasteiger partial charge in [-0.15, -0.1) is 0 Å². The molecule has 7 heteroatoms. The van der Waals surface area contributed by atoms with E-state index in [2.05, 4.69) is 15.3 Å². The lowest BCUT2D eigenvalue weighted by Gasteiger charge is -2.06. The average molecular weight is 268 g/mol. The molecule has 0 saturated carbocycles. The van der Waals surface area contributed by atoms with Crippen LogP contribution in [0.25, 0.3) is 0 Å². The van der Waals surface area contributed by atoms with E-state index in [4.69, 9.17) is 11.6 Å². The number of anilines is 1. The van der Waals surface area contributed by atoms with E-state index in [1.54, 1.807) is 0 Å². The number of amides is 1. The van der Waals surface area contributed by atoms with Gasteiger partial charge in [0.25, 0.3) is 5.91 Å². The third kappa shape index (κ3) is 2.72. The zero-order valence-corrected chi connectivity index (χ0v) is 9.65. The first kappa shape index (κ1) is 12.3. The first-order chi connectivity index (χ1) is 8.56. The monoisotopic (exact) mass is 267 g/mol. The van der Waals surface area contributed by atoms with Gasteiger partial charge in [0.1, 0.15) is 28.9 Å². The molecule has 0 bridgehead atoms. The van der Waals surface area contributed by atoms with Gasteiger partial charge in [-0.1, -0.05) is 11.6 Å². The van der Waals surface area contributed by atoms with Gasteiger partial charge in [0.05, 0.1) is 5.56 Å². The normalized spacial score (nSPS) is 10.1. The lowest BCUT2D eigenvalue weighted by Crippen LogP contribution is -2.13. The summed E-state index contributed by atoms with van der Waals surface area (Å²) in [7, 11) is 0. The number of nitrogens with one attached hydrogen (secondary N) is 1. The predicted molar refractivity (Wildman–Crippen MR) is 63.1 cm³/mol. The zero-order chi connectivity index (χ0) is 13.1. The molecule has 2 rings (SSSR count). The van der Waals surface area contributed by atoms with Crippen LogP contribution in [0.3, 0.4) is 0 Å². The number of aromatic hydroxyl groups is 1. The van der Waals surface area contributed by atoms with Crippen LogP contribution in [0.1, 0.15) is 10.4 Å². The Bertz CT molecular complexity index is 607. The van der Waals surface area contributed by atoms with Gasteiger partial charge in [0, 0.05) is 6.07 Å². The summed E-state index contributed by atoms with van der Waals surface area (Å²) in [6, 6.07) is 4.40. The van der Waals surface area contributed by atoms with E-state index in [1.165, 1.54) is 12.4 Å². The summed E-state index contributed by atoms with van der Waals surface area (Å²) < 4.78 is 13.0. The molecule has 0 atom stereocenters. The van der Waals surface area contributed by atoms with Crippen LogP contribution in [0.2, 0.25) is 5.15 Å². The lowest BCUT2D eigenvalue weighted by molar-refractivity contribution is 0.102. The van der Waals surface area contributed by atoms with Crippen LogP contribution in [-0.4, -0.2) is 21.0 Å². The highest BCUT2D eigenvalue weighted by Crippen LogP contribution is 2.19. The molecule has 92 valence electrons. The molecule has 18 heavy (non-hydrogen) atoms. The number of phenols is 1. The Hall–Kier alpha value is -2.21. The van der Waals surface area contributed by atoms with Gasteiger partial charge in [-0.3, -0.25) is 4.79 Å². The van der Waals surface area contributed by atoms with E-state index >= 15 is 0 Å². The van der Waals surface area contributed by atoms with Crippen molar-refractivity contribution in [2.75, 3.05) is 5.32 Å². The van der Waals surface area contributed by atoms with Crippen molar-refractivity contribution in [2.45, 2.75) is 0 Å². The van der Waals surface area contributed by atoms with Gasteiger partial charge in [0.15, 0.2) is 0 Å². The van der Waals surface area contributed by atoms with Crippen LogP contribution in [0.5, 0.6) is 5.75 Å². The van der Waals surface area contributed by atoms with Crippen molar-refractivity contribution in [1.82, 2.24) is 9.97 Å². The molecular formula is C11H7ClFN3O2. The highest BCUT2D eigenvalue weighted by Gasteiger charge is 2.13. The maximum atomic E-state index is 13.0. The minimum atomic E-state index is -0.693. The van der Waals surface area contributed by atoms with Crippen LogP contribution in [0.15, 0.2) is 30.6 Å². The van der Waals surface area contributed by atoms with E-state index in [0.717, 1.165) is 18.2 Å². The molecule has 2 N–H and O–H groups in total. The molecule has 1 aromatic heterocycles. The van der Waals surface area contributed by atoms with E-state index in [-0.39, 0.29) is 22.3 Å². The number of rotatable bonds is 2. The molecule has 0 unspecified atom stereocenters. The van der Waals surface area contributed by atoms with E-state index < -0.39 is 11.7 Å². The van der Waals surface area contributed by atoms with E-state index in [9.17, 15) is 14.3 Å². The maximum absolute atomic E-state index is 13.0. The Morgan fingerprint density at radius 3 is 2.83 bits per heavy atom. The predicted octanol–water partition coefficient (Wildman–Crippen LogP) is 2.23. The number of hydrogen-bond acceptors (Lipinski definition) is 4. The standard InChI is InChI=1S/C11H7ClFN3O2/c12-9-4-10(15-5-14-9)16-11(18)7-3-6(13)1-2-8(7)17/h1-5,17H,(H,14,15,16,18). The summed E-state index contributed by atoms with van der Waals surface area (Å²) in [4.78, 5) is 19.2. The number of carbonyl (C=O) groups excluding carboxylic acids is 1. The Balaban J connectivity index is 2.24. The van der Waals surface area contributed by atoms with Crippen molar-refractivity contribution < 1.29 is 14.3 Å². The first-order valence-electron chi connectivity index (χ1n) is 4.83. The Labute approximate surface area is 106 Å². The third-order valence-corrected chi connectivity index (χ3v) is 2.29. The summed E-state index contributed by atoms with van der Waals surface area (Å²) in [6.45, 7) is 0. The molecule has 1 heterocycles. The fraction of sp³-hybridized carbons (Fsp3) is 0. The molecule has 0 aliphatic heterocycles. The molecule has 0 fully saturated rings. The van der Waals surface area contributed by atoms with Crippen molar-refractivity contribution in [3.8, 4) is 5.75 Å². The van der Waals surface area contributed by atoms with Gasteiger partial charge >= 0.3 is 0 Å². The van der Waals surface area contributed by atoms with Crippen LogP contribution >= 0.6 is 11.6 Å². The van der Waals surface area contributed by atoms with Crippen molar-refractivity contribution in [3.05, 3.63) is 47.1 Å². The number of halogens is 2. The van der Waals surface area contributed by atoms with E-state index in [0.29, 0.717) is 0 Å². The number of hydrogen-bond donors (Lipinski definition) is 2. The largest absolute Gasteiger partial charge is 0.507 e. The smallest absolute Gasteiger partial charge is 0.260 e. The van der Waals surface area contributed by atoms with Gasteiger partial charge in [0.2, 0.25) is 0 Å². The Kier molecular flexibility index (Phi) is 3.38. The minimum Gasteiger partial charge on any atom is -0.507 e. The second-order valence-electron chi connectivity index (χ2n) is 3.34. The van der Waals surface area contributed by atoms with Gasteiger partial charge in [-0.05, 0) is 18.2 Å². The topological polar surface area (TPSA) is 75.1 Å². The minimum absolute atomic E-state index is 0.156. The lowest BCUT2D eigenvalue weighted by atomic mass is 10.2. The van der Waals surface area contributed by atoms with E-state index in [1.807, 2.05) is 0 Å². The van der Waals surface area contributed by atoms with Crippen LogP contribution in [0.4, 0.5) is 10.2 Å². The maximum Gasteiger partial charge on any atom is 0.260 e. The molecule has 0 aliphatic rings. The fourth-order valence-corrected chi connectivity index (χ4v) is 1.42. The Morgan fingerprint density at radius 2 is 2.11 bits per heavy atom. The molecule has 0 saturated heterocycles. The number of aromatic nitrogens is 2. The molecular weight excluding hydrogens is 261 g/mol. The van der Waals surface area contributed by atoms with Crippen molar-refractivity contribution in [1.29, 1.82) is 0 Å². The van der Waals surface area contributed by atoms with Gasteiger partial charge in [-0.2, -0.15) is 0 Å². The summed E-state index contributed by atoms with van der Waals surface area (Å²) in [5.74, 6) is -1.49. The number of carbonyl (C=O) groups is 1. The molecule has 0 radical (unpaired) electrons.